The zero-order valence-electron chi connectivity index (χ0n) is 14.9. The zero-order chi connectivity index (χ0) is 17.0. The molecule has 0 aromatic carbocycles. The maximum absolute atomic E-state index is 12.3. The van der Waals surface area contributed by atoms with Crippen molar-refractivity contribution in [2.45, 2.75) is 77.0 Å². The number of carbonyl (C=O) groups excluding carboxylic acids is 1. The van der Waals surface area contributed by atoms with Crippen LogP contribution in [0.15, 0.2) is 0 Å². The Morgan fingerprint density at radius 1 is 1.09 bits per heavy atom. The van der Waals surface area contributed by atoms with Crippen molar-refractivity contribution in [2.24, 2.45) is 23.2 Å². The van der Waals surface area contributed by atoms with Crippen LogP contribution in [0.2, 0.25) is 0 Å². The molecule has 132 valence electrons. The van der Waals surface area contributed by atoms with E-state index in [0.29, 0.717) is 0 Å². The molecule has 0 unspecified atom stereocenters. The Balaban J connectivity index is 1.65. The lowest BCUT2D eigenvalue weighted by molar-refractivity contribution is -0.123. The van der Waals surface area contributed by atoms with E-state index in [4.69, 9.17) is 0 Å². The standard InChI is InChI=1S/C18H31NO3S/c1-12(19-16(20)11-23(21,22)17(2,3)4)18-8-13-5-14(9-18)7-15(6-13)10-18/h12-15H,5-11H2,1-4H3,(H,19,20)/t12-,13?,14?,15?,18?/m0/s1. The summed E-state index contributed by atoms with van der Waals surface area (Å²) in [4.78, 5) is 12.3. The summed E-state index contributed by atoms with van der Waals surface area (Å²) < 4.78 is 23.6. The van der Waals surface area contributed by atoms with Gasteiger partial charge < -0.3 is 5.32 Å². The molecule has 0 spiro atoms. The SMILES string of the molecule is C[C@H](NC(=O)CS(=O)(=O)C(C)(C)C)C12CC3CC(CC(C3)C1)C2. The summed E-state index contributed by atoms with van der Waals surface area (Å²) in [5.74, 6) is 1.77. The first kappa shape index (κ1) is 17.2. The minimum absolute atomic E-state index is 0.0820. The number of hydrogen-bond acceptors (Lipinski definition) is 3. The Kier molecular flexibility index (Phi) is 4.10. The third-order valence-electron chi connectivity index (χ3n) is 6.64. The molecule has 4 aliphatic carbocycles. The van der Waals surface area contributed by atoms with E-state index in [9.17, 15) is 13.2 Å². The molecule has 0 heterocycles. The van der Waals surface area contributed by atoms with Gasteiger partial charge in [-0.2, -0.15) is 0 Å². The van der Waals surface area contributed by atoms with Gasteiger partial charge in [-0.1, -0.05) is 0 Å². The molecule has 4 saturated carbocycles. The van der Waals surface area contributed by atoms with Gasteiger partial charge in [0.2, 0.25) is 5.91 Å². The molecule has 1 atom stereocenters. The number of nitrogens with one attached hydrogen (secondary N) is 1. The third kappa shape index (κ3) is 3.18. The van der Waals surface area contributed by atoms with Crippen molar-refractivity contribution in [2.75, 3.05) is 5.75 Å². The molecule has 4 rings (SSSR count). The van der Waals surface area contributed by atoms with E-state index in [2.05, 4.69) is 12.2 Å². The van der Waals surface area contributed by atoms with Gasteiger partial charge in [0.25, 0.3) is 0 Å². The smallest absolute Gasteiger partial charge is 0.235 e. The molecular weight excluding hydrogens is 310 g/mol. The summed E-state index contributed by atoms with van der Waals surface area (Å²) in [6.45, 7) is 7.04. The van der Waals surface area contributed by atoms with Crippen LogP contribution in [0.3, 0.4) is 0 Å². The van der Waals surface area contributed by atoms with Gasteiger partial charge in [-0.25, -0.2) is 8.42 Å². The molecule has 0 radical (unpaired) electrons. The lowest BCUT2D eigenvalue weighted by Gasteiger charge is -2.59. The summed E-state index contributed by atoms with van der Waals surface area (Å²) in [5.41, 5.74) is 0.218. The monoisotopic (exact) mass is 341 g/mol. The van der Waals surface area contributed by atoms with Crippen molar-refractivity contribution in [3.05, 3.63) is 0 Å². The molecule has 1 N–H and O–H groups in total. The Labute approximate surface area is 140 Å². The Bertz CT molecular complexity index is 553. The van der Waals surface area contributed by atoms with Crippen LogP contribution in [0.5, 0.6) is 0 Å². The molecule has 4 aliphatic rings. The van der Waals surface area contributed by atoms with Crippen LogP contribution in [0.1, 0.15) is 66.2 Å². The second-order valence-corrected chi connectivity index (χ2v) is 12.2. The second-order valence-electron chi connectivity index (χ2n) is 9.44. The zero-order valence-corrected chi connectivity index (χ0v) is 15.7. The van der Waals surface area contributed by atoms with Crippen molar-refractivity contribution < 1.29 is 13.2 Å². The van der Waals surface area contributed by atoms with E-state index >= 15 is 0 Å². The van der Waals surface area contributed by atoms with Crippen LogP contribution in [-0.4, -0.2) is 30.9 Å². The van der Waals surface area contributed by atoms with Gasteiger partial charge >= 0.3 is 0 Å². The summed E-state index contributed by atoms with van der Waals surface area (Å²) in [5, 5.41) is 3.05. The van der Waals surface area contributed by atoms with Crippen LogP contribution < -0.4 is 5.32 Å². The van der Waals surface area contributed by atoms with Gasteiger partial charge in [-0.05, 0) is 89.4 Å². The lowest BCUT2D eigenvalue weighted by atomic mass is 9.48. The van der Waals surface area contributed by atoms with E-state index in [1.165, 1.54) is 38.5 Å². The highest BCUT2D eigenvalue weighted by Crippen LogP contribution is 2.61. The number of rotatable bonds is 4. The van der Waals surface area contributed by atoms with Crippen molar-refractivity contribution in [3.63, 3.8) is 0 Å². The largest absolute Gasteiger partial charge is 0.352 e. The van der Waals surface area contributed by atoms with E-state index in [-0.39, 0.29) is 17.4 Å². The molecule has 5 heteroatoms. The van der Waals surface area contributed by atoms with Gasteiger partial charge in [-0.3, -0.25) is 4.79 Å². The molecule has 23 heavy (non-hydrogen) atoms. The van der Waals surface area contributed by atoms with Crippen molar-refractivity contribution in [1.29, 1.82) is 0 Å². The molecule has 4 fully saturated rings. The topological polar surface area (TPSA) is 63.2 Å². The number of carbonyl (C=O) groups is 1. The van der Waals surface area contributed by atoms with Crippen molar-refractivity contribution in [1.82, 2.24) is 5.32 Å². The van der Waals surface area contributed by atoms with Gasteiger partial charge in [-0.15, -0.1) is 0 Å². The Morgan fingerprint density at radius 2 is 1.52 bits per heavy atom. The summed E-state index contributed by atoms with van der Waals surface area (Å²) >= 11 is 0. The minimum Gasteiger partial charge on any atom is -0.352 e. The normalized spacial score (nSPS) is 37.7. The molecule has 1 amide bonds. The van der Waals surface area contributed by atoms with E-state index in [0.717, 1.165) is 17.8 Å². The van der Waals surface area contributed by atoms with E-state index in [1.807, 2.05) is 0 Å². The average Bonchev–Trinajstić information content (AvgIpc) is 2.34. The highest BCUT2D eigenvalue weighted by Gasteiger charge is 2.53. The van der Waals surface area contributed by atoms with Gasteiger partial charge in [0.1, 0.15) is 5.75 Å². The van der Waals surface area contributed by atoms with Crippen LogP contribution in [0.4, 0.5) is 0 Å². The average molecular weight is 342 g/mol. The van der Waals surface area contributed by atoms with Gasteiger partial charge in [0.15, 0.2) is 9.84 Å². The number of amides is 1. The first-order chi connectivity index (χ1) is 10.5. The molecule has 0 aliphatic heterocycles. The quantitative estimate of drug-likeness (QED) is 0.855. The summed E-state index contributed by atoms with van der Waals surface area (Å²) in [6.07, 6.45) is 7.76. The van der Waals surface area contributed by atoms with Gasteiger partial charge in [0.05, 0.1) is 4.75 Å². The second kappa shape index (κ2) is 5.47. The minimum atomic E-state index is -3.41. The van der Waals surface area contributed by atoms with Gasteiger partial charge in [0, 0.05) is 6.04 Å². The molecule has 0 aromatic heterocycles. The summed E-state index contributed by atoms with van der Waals surface area (Å²) in [6, 6.07) is 0.0820. The molecule has 4 bridgehead atoms. The van der Waals surface area contributed by atoms with Crippen LogP contribution in [0.25, 0.3) is 0 Å². The highest BCUT2D eigenvalue weighted by molar-refractivity contribution is 7.93. The summed E-state index contributed by atoms with van der Waals surface area (Å²) in [7, 11) is -3.41. The fourth-order valence-electron chi connectivity index (χ4n) is 5.53. The number of hydrogen-bond donors (Lipinski definition) is 1. The van der Waals surface area contributed by atoms with Crippen LogP contribution >= 0.6 is 0 Å². The first-order valence-corrected chi connectivity index (χ1v) is 10.7. The maximum Gasteiger partial charge on any atom is 0.235 e. The third-order valence-corrected chi connectivity index (χ3v) is 9.14. The predicted molar refractivity (Wildman–Crippen MR) is 91.7 cm³/mol. The van der Waals surface area contributed by atoms with Crippen LogP contribution in [0, 0.1) is 23.2 Å². The van der Waals surface area contributed by atoms with Crippen molar-refractivity contribution >= 4 is 15.7 Å². The molecule has 0 aromatic rings. The molecule has 4 nitrogen and oxygen atoms in total. The first-order valence-electron chi connectivity index (χ1n) is 9.02. The highest BCUT2D eigenvalue weighted by atomic mass is 32.2. The Morgan fingerprint density at radius 3 is 1.91 bits per heavy atom. The number of sulfone groups is 1. The van der Waals surface area contributed by atoms with E-state index < -0.39 is 20.3 Å². The fourth-order valence-corrected chi connectivity index (χ4v) is 6.39. The lowest BCUT2D eigenvalue weighted by Crippen LogP contribution is -2.56. The fraction of sp³-hybridized carbons (Fsp3) is 0.944. The Hall–Kier alpha value is -0.580. The molecule has 0 saturated heterocycles. The van der Waals surface area contributed by atoms with Crippen molar-refractivity contribution in [3.8, 4) is 0 Å². The van der Waals surface area contributed by atoms with E-state index in [1.54, 1.807) is 20.8 Å². The molecular formula is C18H31NO3S. The maximum atomic E-state index is 12.3. The van der Waals surface area contributed by atoms with Crippen LogP contribution in [-0.2, 0) is 14.6 Å². The predicted octanol–water partition coefficient (Wildman–Crippen LogP) is 2.92.